The maximum Gasteiger partial charge on any atom is 0.416 e. The van der Waals surface area contributed by atoms with E-state index in [9.17, 15) is 49.1 Å². The molecule has 3 nitrogen and oxygen atoms in total. The fourth-order valence-corrected chi connectivity index (χ4v) is 11.2. The Hall–Kier alpha value is -3.70. The van der Waals surface area contributed by atoms with Crippen molar-refractivity contribution >= 4 is 35.0 Å². The summed E-state index contributed by atoms with van der Waals surface area (Å²) in [4.78, 5) is 26.4. The zero-order valence-corrected chi connectivity index (χ0v) is 30.8. The monoisotopic (exact) mass is 831 g/mol. The van der Waals surface area contributed by atoms with Gasteiger partial charge in [0.1, 0.15) is 23.2 Å². The fourth-order valence-electron chi connectivity index (χ4n) is 6.72. The lowest BCUT2D eigenvalue weighted by Crippen LogP contribution is -3.00. The van der Waals surface area contributed by atoms with Crippen LogP contribution in [0, 0.1) is 0 Å². The van der Waals surface area contributed by atoms with E-state index in [1.807, 2.05) is 0 Å². The van der Waals surface area contributed by atoms with Crippen molar-refractivity contribution in [2.45, 2.75) is 69.9 Å². The summed E-state index contributed by atoms with van der Waals surface area (Å²) < 4.78 is 126. The first-order valence-electron chi connectivity index (χ1n) is 16.9. The number of nitrogens with zero attached hydrogens (tertiary/aromatic N) is 1. The van der Waals surface area contributed by atoms with Crippen LogP contribution in [-0.2, 0) is 18.5 Å². The summed E-state index contributed by atoms with van der Waals surface area (Å²) >= 11 is 0. The van der Waals surface area contributed by atoms with Crippen LogP contribution in [-0.4, -0.2) is 29.4 Å². The molecule has 0 unspecified atom stereocenters. The Kier molecular flexibility index (Phi) is 13.6. The Balaban J connectivity index is 0.00000627. The van der Waals surface area contributed by atoms with Gasteiger partial charge in [0, 0.05) is 6.54 Å². The van der Waals surface area contributed by atoms with Crippen molar-refractivity contribution < 1.29 is 66.1 Å². The highest BCUT2D eigenvalue weighted by molar-refractivity contribution is 7.95. The van der Waals surface area contributed by atoms with Crippen molar-refractivity contribution in [2.75, 3.05) is 12.7 Å². The van der Waals surface area contributed by atoms with Gasteiger partial charge in [-0.05, 0) is 86.0 Å². The van der Waals surface area contributed by atoms with E-state index in [1.165, 1.54) is 23.1 Å². The third-order valence-corrected chi connectivity index (χ3v) is 13.8. The lowest BCUT2D eigenvalue weighted by molar-refractivity contribution is -0.138. The minimum atomic E-state index is -4.79. The third kappa shape index (κ3) is 9.70. The summed E-state index contributed by atoms with van der Waals surface area (Å²) in [5.74, 6) is -0.611. The fraction of sp³-hybridized carbons (Fsp3) is 0.333. The van der Waals surface area contributed by atoms with Crippen LogP contribution in [0.3, 0.4) is 0 Å². The first kappa shape index (κ1) is 42.0. The van der Waals surface area contributed by atoms with Gasteiger partial charge in [0.25, 0.3) is 11.8 Å². The van der Waals surface area contributed by atoms with E-state index in [0.29, 0.717) is 43.4 Å². The van der Waals surface area contributed by atoms with Gasteiger partial charge in [-0.3, -0.25) is 14.5 Å². The lowest BCUT2D eigenvalue weighted by Gasteiger charge is -2.29. The number of halogens is 10. The van der Waals surface area contributed by atoms with Gasteiger partial charge in [-0.15, -0.1) is 0 Å². The first-order chi connectivity index (χ1) is 24.5. The molecule has 14 heteroatoms. The van der Waals surface area contributed by atoms with Crippen LogP contribution in [0.1, 0.15) is 88.8 Å². The number of alkyl halides is 9. The highest BCUT2D eigenvalue weighted by Gasteiger charge is 2.48. The van der Waals surface area contributed by atoms with Crippen LogP contribution < -0.4 is 32.9 Å². The second kappa shape index (κ2) is 17.2. The molecule has 4 aromatic carbocycles. The third-order valence-electron chi connectivity index (χ3n) is 9.35. The molecular weight excluding hydrogens is 796 g/mol. The average Bonchev–Trinajstić information content (AvgIpc) is 3.34. The van der Waals surface area contributed by atoms with E-state index in [2.05, 4.69) is 0 Å². The van der Waals surface area contributed by atoms with E-state index < -0.39 is 42.5 Å². The molecule has 0 radical (unpaired) electrons. The molecule has 0 spiro atoms. The molecular formula is C39H36BrF9NO2P. The predicted octanol–water partition coefficient (Wildman–Crippen LogP) is 7.46. The number of carbonyl (C=O) groups is 2. The molecule has 0 N–H and O–H groups in total. The standard InChI is InChI=1S/C39H36F9NO2P.BrH/c40-37(41,42)27-14-11-17-30(24-27)52(31-18-12-15-28(25-31)38(43,44)45,32-19-13-16-29(26-32)39(46,47)48)23-10-6-4-2-1-3-5-9-22-49-35(50)33-20-7-8-21-34(33)36(49)51;/h7-8,11-21,24-26H,1-6,9-10,22-23H2;1H/q+1;/p-1. The SMILES string of the molecule is O=C1c2ccccc2C(=O)N1CCCCCCCCCC[P+](c1cccc(C(F)(F)F)c1)(c1cccc(C(F)(F)F)c1)c1cccc(C(F)(F)F)c1.[Br-]. The normalized spacial score (nSPS) is 13.6. The maximum absolute atomic E-state index is 14.0. The Morgan fingerprint density at radius 2 is 0.792 bits per heavy atom. The molecule has 284 valence electrons. The summed E-state index contributed by atoms with van der Waals surface area (Å²) in [6.45, 7) is 0.304. The van der Waals surface area contributed by atoms with E-state index in [4.69, 9.17) is 0 Å². The Morgan fingerprint density at radius 1 is 0.453 bits per heavy atom. The van der Waals surface area contributed by atoms with Crippen LogP contribution in [0.2, 0.25) is 0 Å². The van der Waals surface area contributed by atoms with Gasteiger partial charge in [0.15, 0.2) is 0 Å². The van der Waals surface area contributed by atoms with Crippen molar-refractivity contribution in [2.24, 2.45) is 0 Å². The molecule has 0 saturated carbocycles. The van der Waals surface area contributed by atoms with Crippen LogP contribution in [0.15, 0.2) is 97.1 Å². The quantitative estimate of drug-likeness (QED) is 0.0574. The van der Waals surface area contributed by atoms with Crippen LogP contribution in [0.25, 0.3) is 0 Å². The Bertz CT molecular complexity index is 1720. The van der Waals surface area contributed by atoms with Crippen LogP contribution >= 0.6 is 7.26 Å². The average molecular weight is 833 g/mol. The zero-order chi connectivity index (χ0) is 37.7. The summed E-state index contributed by atoms with van der Waals surface area (Å²) in [5.41, 5.74) is -2.34. The molecule has 0 saturated heterocycles. The molecule has 53 heavy (non-hydrogen) atoms. The molecule has 0 aliphatic carbocycles. The van der Waals surface area contributed by atoms with Crippen LogP contribution in [0.4, 0.5) is 39.5 Å². The molecule has 4 aromatic rings. The number of hydrogen-bond donors (Lipinski definition) is 0. The predicted molar refractivity (Wildman–Crippen MR) is 184 cm³/mol. The van der Waals surface area contributed by atoms with Crippen molar-refractivity contribution in [1.82, 2.24) is 4.90 Å². The number of unbranched alkanes of at least 4 members (excludes halogenated alkanes) is 7. The Morgan fingerprint density at radius 3 is 1.15 bits per heavy atom. The Labute approximate surface area is 312 Å². The maximum atomic E-state index is 14.0. The number of carbonyl (C=O) groups excluding carboxylic acids is 2. The molecule has 1 heterocycles. The number of hydrogen-bond acceptors (Lipinski definition) is 2. The number of rotatable bonds is 14. The van der Waals surface area contributed by atoms with Crippen molar-refractivity contribution in [3.63, 3.8) is 0 Å². The molecule has 0 aromatic heterocycles. The van der Waals surface area contributed by atoms with Gasteiger partial charge in [-0.25, -0.2) is 0 Å². The summed E-state index contributed by atoms with van der Waals surface area (Å²) in [6, 6.07) is 19.2. The topological polar surface area (TPSA) is 37.4 Å². The van der Waals surface area contributed by atoms with Gasteiger partial charge in [-0.2, -0.15) is 39.5 Å². The first-order valence-corrected chi connectivity index (χ1v) is 18.9. The van der Waals surface area contributed by atoms with Crippen LogP contribution in [0.5, 0.6) is 0 Å². The molecule has 0 bridgehead atoms. The summed E-state index contributed by atoms with van der Waals surface area (Å²) in [6.07, 6.45) is -8.95. The van der Waals surface area contributed by atoms with E-state index >= 15 is 0 Å². The van der Waals surface area contributed by atoms with Crippen molar-refractivity contribution in [3.8, 4) is 0 Å². The van der Waals surface area contributed by atoms with Gasteiger partial charge in [-0.1, -0.05) is 62.4 Å². The summed E-state index contributed by atoms with van der Waals surface area (Å²) in [7, 11) is -3.52. The molecule has 5 rings (SSSR count). The van der Waals surface area contributed by atoms with Crippen molar-refractivity contribution in [1.29, 1.82) is 0 Å². The number of benzene rings is 4. The van der Waals surface area contributed by atoms with Gasteiger partial charge in [0.05, 0.1) is 34.0 Å². The second-order valence-corrected chi connectivity index (χ2v) is 16.4. The second-order valence-electron chi connectivity index (χ2n) is 12.8. The van der Waals surface area contributed by atoms with E-state index in [1.54, 1.807) is 24.3 Å². The van der Waals surface area contributed by atoms with Gasteiger partial charge in [0.2, 0.25) is 0 Å². The molecule has 1 aliphatic rings. The van der Waals surface area contributed by atoms with Gasteiger partial charge < -0.3 is 17.0 Å². The smallest absolute Gasteiger partial charge is 0.416 e. The van der Waals surface area contributed by atoms with E-state index in [0.717, 1.165) is 80.3 Å². The molecule has 2 amide bonds. The molecule has 1 aliphatic heterocycles. The van der Waals surface area contributed by atoms with E-state index in [-0.39, 0.29) is 50.9 Å². The minimum absolute atomic E-state index is 0. The molecule has 0 atom stereocenters. The highest BCUT2D eigenvalue weighted by Crippen LogP contribution is 2.57. The van der Waals surface area contributed by atoms with Gasteiger partial charge >= 0.3 is 18.5 Å². The largest absolute Gasteiger partial charge is 1.00 e. The number of amides is 2. The highest BCUT2D eigenvalue weighted by atomic mass is 79.9. The number of imide groups is 1. The summed E-state index contributed by atoms with van der Waals surface area (Å²) in [5, 5.41) is 0.122. The molecule has 0 fully saturated rings. The number of fused-ring (bicyclic) bond motifs is 1. The lowest BCUT2D eigenvalue weighted by atomic mass is 10.1. The zero-order valence-electron chi connectivity index (χ0n) is 28.3. The van der Waals surface area contributed by atoms with Crippen molar-refractivity contribution in [3.05, 3.63) is 125 Å². The minimum Gasteiger partial charge on any atom is -1.00 e.